The largest absolute Gasteiger partial charge is 0.313 e. The van der Waals surface area contributed by atoms with Crippen molar-refractivity contribution in [1.82, 2.24) is 0 Å². The topological polar surface area (TPSA) is 3.24 Å². The fraction of sp³-hybridized carbons (Fsp3) is 0.182. The Kier molecular flexibility index (Phi) is 16.8. The van der Waals surface area contributed by atoms with Crippen LogP contribution in [0.2, 0.25) is 18.1 Å². The first-order valence-corrected chi connectivity index (χ1v) is 30.9. The molecule has 9 aromatic rings. The minimum atomic E-state index is -1.76. The molecule has 0 aliphatic heterocycles. The Morgan fingerprint density at radius 3 is 0.771 bits per heavy atom. The first-order chi connectivity index (χ1) is 34.6. The van der Waals surface area contributed by atoms with Crippen molar-refractivity contribution < 1.29 is 0 Å². The Bertz CT molecular complexity index is 2590. The van der Waals surface area contributed by atoms with E-state index in [0.29, 0.717) is 0 Å². The van der Waals surface area contributed by atoms with Crippen LogP contribution >= 0.6 is 16.1 Å². The molecule has 0 N–H and O–H groups in total. The van der Waals surface area contributed by atoms with Crippen molar-refractivity contribution >= 4 is 56.3 Å². The summed E-state index contributed by atoms with van der Waals surface area (Å²) in [7, 11) is -4.03. The van der Waals surface area contributed by atoms with Gasteiger partial charge in [-0.2, -0.15) is 0 Å². The van der Waals surface area contributed by atoms with E-state index in [2.05, 4.69) is 268 Å². The summed E-state index contributed by atoms with van der Waals surface area (Å²) in [5.41, 5.74) is 11.2. The molecule has 0 saturated carbocycles. The Labute approximate surface area is 423 Å². The number of anilines is 1. The summed E-state index contributed by atoms with van der Waals surface area (Å²) in [6.45, 7) is 7.13. The quantitative estimate of drug-likeness (QED) is 0.0512. The van der Waals surface area contributed by atoms with Crippen LogP contribution in [0.25, 0.3) is 44.5 Å². The molecule has 0 aromatic heterocycles. The number of hydrogen-bond donors (Lipinski definition) is 0. The van der Waals surface area contributed by atoms with Gasteiger partial charge in [0.2, 0.25) is 0 Å². The van der Waals surface area contributed by atoms with Gasteiger partial charge in [-0.15, -0.1) is 0 Å². The molecule has 70 heavy (non-hydrogen) atoms. The Hall–Kier alpha value is -6.14. The second-order valence-electron chi connectivity index (χ2n) is 18.7. The summed E-state index contributed by atoms with van der Waals surface area (Å²) in [6.07, 6.45) is 7.73. The maximum atomic E-state index is 2.88. The van der Waals surface area contributed by atoms with E-state index in [1.54, 1.807) is 5.19 Å². The predicted molar refractivity (Wildman–Crippen MR) is 313 cm³/mol. The van der Waals surface area contributed by atoms with Gasteiger partial charge in [-0.3, -0.25) is 0 Å². The molecule has 350 valence electrons. The molecule has 0 bridgehead atoms. The standard InChI is InChI=1S/C66H67NP2Si/c1-4-7-50-70(51-8-5-2,52-9-6-3)66-48-38-61(39-49-66)67(68(62-40-30-57(31-41-62)53-22-14-10-15-23-53)63-42-32-58(33-43-63)54-24-16-11-17-25-54)69(64-44-34-59(35-45-64)55-26-18-12-19-27-55)65-46-36-60(37-47-65)56-28-20-13-21-29-56/h10-49H,4-9,50-52H2,1-3H3. The van der Waals surface area contributed by atoms with E-state index in [0.717, 1.165) is 0 Å². The highest BCUT2D eigenvalue weighted by atomic mass is 31.2. The summed E-state index contributed by atoms with van der Waals surface area (Å²) >= 11 is 0. The lowest BCUT2D eigenvalue weighted by molar-refractivity contribution is 0.800. The summed E-state index contributed by atoms with van der Waals surface area (Å²) in [4.78, 5) is 0. The Morgan fingerprint density at radius 1 is 0.286 bits per heavy atom. The van der Waals surface area contributed by atoms with E-state index in [9.17, 15) is 0 Å². The van der Waals surface area contributed by atoms with Gasteiger partial charge in [-0.1, -0.05) is 313 Å². The van der Waals surface area contributed by atoms with Gasteiger partial charge in [0.25, 0.3) is 0 Å². The van der Waals surface area contributed by atoms with Gasteiger partial charge < -0.3 is 4.44 Å². The molecule has 0 radical (unpaired) electrons. The lowest BCUT2D eigenvalue weighted by Gasteiger charge is -2.41. The van der Waals surface area contributed by atoms with E-state index in [1.807, 2.05) is 0 Å². The van der Waals surface area contributed by atoms with E-state index < -0.39 is 24.2 Å². The molecular formula is C66H67NP2Si. The van der Waals surface area contributed by atoms with Crippen molar-refractivity contribution in [1.29, 1.82) is 0 Å². The van der Waals surface area contributed by atoms with Crippen molar-refractivity contribution in [3.63, 3.8) is 0 Å². The van der Waals surface area contributed by atoms with Crippen LogP contribution < -0.4 is 30.8 Å². The van der Waals surface area contributed by atoms with E-state index in [1.165, 1.54) is 128 Å². The third-order valence-corrected chi connectivity index (χ3v) is 24.9. The monoisotopic (exact) mass is 963 g/mol. The van der Waals surface area contributed by atoms with Crippen LogP contribution in [0.15, 0.2) is 243 Å². The number of nitrogens with zero attached hydrogens (tertiary/aromatic N) is 1. The molecule has 0 atom stereocenters. The third-order valence-electron chi connectivity index (χ3n) is 14.0. The fourth-order valence-corrected chi connectivity index (χ4v) is 21.5. The van der Waals surface area contributed by atoms with E-state index >= 15 is 0 Å². The molecule has 0 aliphatic rings. The normalized spacial score (nSPS) is 11.6. The van der Waals surface area contributed by atoms with Gasteiger partial charge in [0.15, 0.2) is 0 Å². The highest BCUT2D eigenvalue weighted by Crippen LogP contribution is 2.57. The predicted octanol–water partition coefficient (Wildman–Crippen LogP) is 17.3. The number of benzene rings is 9. The van der Waals surface area contributed by atoms with Crippen LogP contribution in [0.5, 0.6) is 0 Å². The molecule has 0 heterocycles. The van der Waals surface area contributed by atoms with Crippen molar-refractivity contribution in [3.8, 4) is 44.5 Å². The van der Waals surface area contributed by atoms with Crippen LogP contribution in [0.3, 0.4) is 0 Å². The second kappa shape index (κ2) is 24.1. The molecule has 4 heteroatoms. The average molecular weight is 964 g/mol. The molecule has 0 amide bonds. The van der Waals surface area contributed by atoms with Crippen LogP contribution in [-0.4, -0.2) is 8.07 Å². The molecule has 0 aliphatic carbocycles. The first kappa shape index (κ1) is 48.9. The lowest BCUT2D eigenvalue weighted by atomic mass is 10.1. The molecule has 0 saturated heterocycles. The molecule has 0 fully saturated rings. The van der Waals surface area contributed by atoms with Gasteiger partial charge in [0.1, 0.15) is 0 Å². The number of hydrogen-bond acceptors (Lipinski definition) is 1. The Morgan fingerprint density at radius 2 is 0.529 bits per heavy atom. The highest BCUT2D eigenvalue weighted by Gasteiger charge is 2.36. The number of rotatable bonds is 21. The maximum Gasteiger partial charge on any atom is 0.0867 e. The van der Waals surface area contributed by atoms with Gasteiger partial charge in [-0.25, -0.2) is 0 Å². The fourth-order valence-electron chi connectivity index (χ4n) is 10.1. The van der Waals surface area contributed by atoms with Crippen molar-refractivity contribution in [3.05, 3.63) is 243 Å². The van der Waals surface area contributed by atoms with Gasteiger partial charge in [0.05, 0.1) is 24.2 Å². The van der Waals surface area contributed by atoms with Crippen molar-refractivity contribution in [2.45, 2.75) is 77.4 Å². The second-order valence-corrected chi connectivity index (χ2v) is 27.8. The average Bonchev–Trinajstić information content (AvgIpc) is 3.44. The van der Waals surface area contributed by atoms with Crippen molar-refractivity contribution in [2.75, 3.05) is 4.44 Å². The van der Waals surface area contributed by atoms with Crippen LogP contribution in [0.4, 0.5) is 5.69 Å². The smallest absolute Gasteiger partial charge is 0.0867 e. The summed E-state index contributed by atoms with van der Waals surface area (Å²) in [5, 5.41) is 6.98. The molecule has 0 spiro atoms. The van der Waals surface area contributed by atoms with Crippen LogP contribution in [-0.2, 0) is 0 Å². The third kappa shape index (κ3) is 11.5. The number of unbranched alkanes of at least 4 members (excludes halogenated alkanes) is 3. The summed E-state index contributed by atoms with van der Waals surface area (Å²) in [5.74, 6) is 0. The minimum Gasteiger partial charge on any atom is -0.313 e. The zero-order valence-electron chi connectivity index (χ0n) is 41.3. The lowest BCUT2D eigenvalue weighted by Crippen LogP contribution is -2.47. The SMILES string of the molecule is CCCC[Si](CCCC)(CCCC)c1ccc(N(P(c2ccc(-c3ccccc3)cc2)c2ccc(-c3ccccc3)cc2)P(c2ccc(-c3ccccc3)cc2)c2ccc(-c3ccccc3)cc2)cc1. The van der Waals surface area contributed by atoms with Crippen LogP contribution in [0, 0.1) is 0 Å². The zero-order valence-corrected chi connectivity index (χ0v) is 44.1. The van der Waals surface area contributed by atoms with Gasteiger partial charge in [0, 0.05) is 26.9 Å². The molecule has 1 nitrogen and oxygen atoms in total. The molecular weight excluding hydrogens is 897 g/mol. The molecule has 0 unspecified atom stereocenters. The molecule has 9 rings (SSSR count). The van der Waals surface area contributed by atoms with Gasteiger partial charge >= 0.3 is 0 Å². The zero-order chi connectivity index (χ0) is 48.0. The molecule has 9 aromatic carbocycles. The van der Waals surface area contributed by atoms with Crippen molar-refractivity contribution in [2.24, 2.45) is 0 Å². The minimum absolute atomic E-state index is 1.14. The summed E-state index contributed by atoms with van der Waals surface area (Å²) < 4.78 is 2.88. The summed E-state index contributed by atoms with van der Waals surface area (Å²) in [6, 6.07) is 95.8. The maximum absolute atomic E-state index is 2.88. The van der Waals surface area contributed by atoms with Crippen LogP contribution in [0.1, 0.15) is 59.3 Å². The highest BCUT2D eigenvalue weighted by molar-refractivity contribution is 7.90. The van der Waals surface area contributed by atoms with E-state index in [4.69, 9.17) is 0 Å². The van der Waals surface area contributed by atoms with Gasteiger partial charge in [-0.05, 0) is 56.6 Å². The van der Waals surface area contributed by atoms with E-state index in [-0.39, 0.29) is 0 Å². The Balaban J connectivity index is 1.27. The first-order valence-electron chi connectivity index (χ1n) is 25.7.